The minimum absolute atomic E-state index is 0.336. The van der Waals surface area contributed by atoms with Crippen LogP contribution in [0.3, 0.4) is 0 Å². The van der Waals surface area contributed by atoms with Crippen molar-refractivity contribution in [2.75, 3.05) is 7.11 Å². The molecule has 1 aromatic heterocycles. The molecule has 1 amide bonds. The molecular formula is C17H21N3O4. The van der Waals surface area contributed by atoms with Gasteiger partial charge in [-0.15, -0.1) is 0 Å². The topological polar surface area (TPSA) is 93.5 Å². The zero-order chi connectivity index (χ0) is 17.7. The van der Waals surface area contributed by atoms with Gasteiger partial charge < -0.3 is 15.2 Å². The average molecular weight is 331 g/mol. The van der Waals surface area contributed by atoms with Gasteiger partial charge in [-0.2, -0.15) is 5.10 Å². The summed E-state index contributed by atoms with van der Waals surface area (Å²) in [5.74, 6) is -0.862. The summed E-state index contributed by atoms with van der Waals surface area (Å²) in [6, 6.07) is 6.42. The molecule has 2 N–H and O–H groups in total. The Labute approximate surface area is 140 Å². The second-order valence-corrected chi connectivity index (χ2v) is 5.38. The highest BCUT2D eigenvalue weighted by Crippen LogP contribution is 2.24. The van der Waals surface area contributed by atoms with Crippen LogP contribution in [0.15, 0.2) is 30.5 Å². The van der Waals surface area contributed by atoms with E-state index in [0.717, 1.165) is 0 Å². The predicted octanol–water partition coefficient (Wildman–Crippen LogP) is 2.17. The molecule has 1 unspecified atom stereocenters. The van der Waals surface area contributed by atoms with E-state index in [0.29, 0.717) is 35.5 Å². The Balaban J connectivity index is 2.29. The number of methoxy groups -OCH3 is 1. The van der Waals surface area contributed by atoms with Crippen molar-refractivity contribution in [2.45, 2.75) is 32.7 Å². The number of nitrogens with zero attached hydrogens (tertiary/aromatic N) is 2. The van der Waals surface area contributed by atoms with Crippen LogP contribution >= 0.6 is 0 Å². The molecule has 7 nitrogen and oxygen atoms in total. The van der Waals surface area contributed by atoms with Crippen molar-refractivity contribution in [2.24, 2.45) is 0 Å². The van der Waals surface area contributed by atoms with E-state index in [1.807, 2.05) is 25.1 Å². The van der Waals surface area contributed by atoms with E-state index in [1.165, 1.54) is 6.20 Å². The van der Waals surface area contributed by atoms with Crippen LogP contribution < -0.4 is 10.1 Å². The smallest absolute Gasteiger partial charge is 0.326 e. The van der Waals surface area contributed by atoms with Crippen molar-refractivity contribution < 1.29 is 19.4 Å². The lowest BCUT2D eigenvalue weighted by molar-refractivity contribution is -0.139. The number of para-hydroxylation sites is 2. The fraction of sp³-hybridized carbons (Fsp3) is 0.353. The number of carboxylic acids is 1. The molecule has 1 aromatic carbocycles. The van der Waals surface area contributed by atoms with Gasteiger partial charge in [0.15, 0.2) is 0 Å². The molecule has 0 saturated carbocycles. The molecule has 1 heterocycles. The normalized spacial score (nSPS) is 11.8. The van der Waals surface area contributed by atoms with E-state index in [9.17, 15) is 9.59 Å². The highest BCUT2D eigenvalue weighted by molar-refractivity contribution is 5.97. The first-order valence-corrected chi connectivity index (χ1v) is 7.71. The van der Waals surface area contributed by atoms with Gasteiger partial charge in [0.1, 0.15) is 17.5 Å². The molecule has 0 radical (unpaired) electrons. The molecule has 0 bridgehead atoms. The van der Waals surface area contributed by atoms with Crippen molar-refractivity contribution >= 4 is 11.9 Å². The Hall–Kier alpha value is -2.83. The lowest BCUT2D eigenvalue weighted by Crippen LogP contribution is -2.40. The average Bonchev–Trinajstić information content (AvgIpc) is 2.95. The summed E-state index contributed by atoms with van der Waals surface area (Å²) in [5, 5.41) is 16.0. The summed E-state index contributed by atoms with van der Waals surface area (Å²) in [5.41, 5.74) is 1.65. The van der Waals surface area contributed by atoms with Crippen LogP contribution in [0.5, 0.6) is 5.75 Å². The summed E-state index contributed by atoms with van der Waals surface area (Å²) in [6.07, 6.45) is 2.47. The summed E-state index contributed by atoms with van der Waals surface area (Å²) in [6.45, 7) is 3.62. The number of carbonyl (C=O) groups is 2. The van der Waals surface area contributed by atoms with Crippen LogP contribution in [0.4, 0.5) is 0 Å². The number of amides is 1. The first-order chi connectivity index (χ1) is 11.5. The van der Waals surface area contributed by atoms with Gasteiger partial charge in [-0.05, 0) is 25.5 Å². The third-order valence-corrected chi connectivity index (χ3v) is 3.75. The summed E-state index contributed by atoms with van der Waals surface area (Å²) >= 11 is 0. The van der Waals surface area contributed by atoms with E-state index >= 15 is 0 Å². The number of aliphatic carboxylic acids is 1. The lowest BCUT2D eigenvalue weighted by Gasteiger charge is -2.13. The molecule has 2 aromatic rings. The van der Waals surface area contributed by atoms with E-state index in [2.05, 4.69) is 10.4 Å². The summed E-state index contributed by atoms with van der Waals surface area (Å²) in [7, 11) is 1.56. The van der Waals surface area contributed by atoms with Crippen molar-refractivity contribution in [3.63, 3.8) is 0 Å². The Kier molecular flexibility index (Phi) is 5.57. The third kappa shape index (κ3) is 3.56. The Morgan fingerprint density at radius 3 is 2.71 bits per heavy atom. The molecule has 0 saturated heterocycles. The van der Waals surface area contributed by atoms with Gasteiger partial charge in [0, 0.05) is 0 Å². The van der Waals surface area contributed by atoms with Crippen molar-refractivity contribution in [3.8, 4) is 11.4 Å². The van der Waals surface area contributed by atoms with Gasteiger partial charge in [-0.25, -0.2) is 9.48 Å². The van der Waals surface area contributed by atoms with Crippen LogP contribution in [-0.4, -0.2) is 39.9 Å². The number of rotatable bonds is 7. The fourth-order valence-electron chi connectivity index (χ4n) is 2.46. The molecule has 7 heteroatoms. The van der Waals surface area contributed by atoms with Crippen LogP contribution in [-0.2, 0) is 4.79 Å². The van der Waals surface area contributed by atoms with Gasteiger partial charge in [0.05, 0.1) is 24.6 Å². The largest absolute Gasteiger partial charge is 0.494 e. The molecular weight excluding hydrogens is 310 g/mol. The van der Waals surface area contributed by atoms with E-state index in [1.54, 1.807) is 24.8 Å². The minimum atomic E-state index is -1.04. The summed E-state index contributed by atoms with van der Waals surface area (Å²) in [4.78, 5) is 23.6. The number of aromatic nitrogens is 2. The Morgan fingerprint density at radius 2 is 2.08 bits per heavy atom. The van der Waals surface area contributed by atoms with Crippen LogP contribution in [0, 0.1) is 6.92 Å². The van der Waals surface area contributed by atoms with Crippen molar-refractivity contribution in [3.05, 3.63) is 41.7 Å². The minimum Gasteiger partial charge on any atom is -0.494 e. The number of benzene rings is 1. The monoisotopic (exact) mass is 331 g/mol. The number of carboxylic acid groups (broad SMARTS) is 1. The number of hydrogen-bond acceptors (Lipinski definition) is 4. The highest BCUT2D eigenvalue weighted by Gasteiger charge is 2.23. The second-order valence-electron chi connectivity index (χ2n) is 5.38. The van der Waals surface area contributed by atoms with Gasteiger partial charge in [0.2, 0.25) is 0 Å². The maximum absolute atomic E-state index is 12.4. The summed E-state index contributed by atoms with van der Waals surface area (Å²) < 4.78 is 6.91. The first kappa shape index (κ1) is 17.5. The zero-order valence-corrected chi connectivity index (χ0v) is 13.9. The van der Waals surface area contributed by atoms with Gasteiger partial charge in [0.25, 0.3) is 5.91 Å². The number of nitrogens with one attached hydrogen (secondary N) is 1. The van der Waals surface area contributed by atoms with Gasteiger partial charge in [-0.1, -0.05) is 25.5 Å². The molecule has 24 heavy (non-hydrogen) atoms. The highest BCUT2D eigenvalue weighted by atomic mass is 16.5. The first-order valence-electron chi connectivity index (χ1n) is 7.71. The zero-order valence-electron chi connectivity index (χ0n) is 13.9. The molecule has 128 valence electrons. The molecule has 2 rings (SSSR count). The quantitative estimate of drug-likeness (QED) is 0.811. The molecule has 0 aliphatic carbocycles. The van der Waals surface area contributed by atoms with Gasteiger partial charge in [-0.3, -0.25) is 4.79 Å². The standard InChI is InChI=1S/C17H21N3O4/c1-4-7-13(17(22)23)19-16(21)12-10-18-20(11(12)2)14-8-5-6-9-15(14)24-3/h5-6,8-10,13H,4,7H2,1-3H3,(H,19,21)(H,22,23). The molecule has 0 fully saturated rings. The van der Waals surface area contributed by atoms with Crippen molar-refractivity contribution in [1.29, 1.82) is 0 Å². The number of hydrogen-bond donors (Lipinski definition) is 2. The van der Waals surface area contributed by atoms with Crippen LogP contribution in [0.25, 0.3) is 5.69 Å². The SMILES string of the molecule is CCCC(NC(=O)c1cnn(-c2ccccc2OC)c1C)C(=O)O. The lowest BCUT2D eigenvalue weighted by atomic mass is 10.1. The van der Waals surface area contributed by atoms with E-state index in [-0.39, 0.29) is 0 Å². The number of carbonyl (C=O) groups excluding carboxylic acids is 1. The third-order valence-electron chi connectivity index (χ3n) is 3.75. The molecule has 0 aliphatic rings. The molecule has 0 aliphatic heterocycles. The molecule has 0 spiro atoms. The van der Waals surface area contributed by atoms with E-state index < -0.39 is 17.9 Å². The molecule has 1 atom stereocenters. The maximum Gasteiger partial charge on any atom is 0.326 e. The Morgan fingerprint density at radius 1 is 1.38 bits per heavy atom. The fourth-order valence-corrected chi connectivity index (χ4v) is 2.46. The Bertz CT molecular complexity index is 739. The predicted molar refractivity (Wildman–Crippen MR) is 88.7 cm³/mol. The van der Waals surface area contributed by atoms with Crippen molar-refractivity contribution in [1.82, 2.24) is 15.1 Å². The number of ether oxygens (including phenoxy) is 1. The van der Waals surface area contributed by atoms with Crippen LogP contribution in [0.1, 0.15) is 35.8 Å². The van der Waals surface area contributed by atoms with Gasteiger partial charge >= 0.3 is 5.97 Å². The second kappa shape index (κ2) is 7.63. The van der Waals surface area contributed by atoms with Crippen LogP contribution in [0.2, 0.25) is 0 Å². The maximum atomic E-state index is 12.4. The van der Waals surface area contributed by atoms with E-state index in [4.69, 9.17) is 9.84 Å².